The number of benzene rings is 1. The number of methoxy groups -OCH3 is 1. The van der Waals surface area contributed by atoms with Crippen LogP contribution in [0.2, 0.25) is 0 Å². The molecule has 0 unspecified atom stereocenters. The second-order valence-corrected chi connectivity index (χ2v) is 4.19. The molecular formula is C12H15N3O4. The predicted octanol–water partition coefficient (Wildman–Crippen LogP) is 0.649. The van der Waals surface area contributed by atoms with E-state index in [0.717, 1.165) is 13.1 Å². The van der Waals surface area contributed by atoms with Gasteiger partial charge in [-0.15, -0.1) is 0 Å². The number of nitrogens with one attached hydrogen (secondary N) is 1. The number of hydrogen-bond acceptors (Lipinski definition) is 5. The Kier molecular flexibility index (Phi) is 3.96. The van der Waals surface area contributed by atoms with Crippen LogP contribution in [0.25, 0.3) is 0 Å². The lowest BCUT2D eigenvalue weighted by Gasteiger charge is -2.27. The molecule has 0 saturated carbocycles. The molecule has 1 amide bonds. The average molecular weight is 265 g/mol. The highest BCUT2D eigenvalue weighted by atomic mass is 16.6. The Bertz CT molecular complexity index is 498. The third-order valence-corrected chi connectivity index (χ3v) is 3.03. The van der Waals surface area contributed by atoms with Crippen LogP contribution in [-0.4, -0.2) is 49.0 Å². The Balaban J connectivity index is 2.26. The molecule has 0 aliphatic carbocycles. The standard InChI is InChI=1S/C12H15N3O4/c1-19-11-3-2-9(8-10(11)15(17)18)12(16)14-6-4-13-5-7-14/h2-3,8,13H,4-7H2,1H3. The van der Waals surface area contributed by atoms with Crippen molar-refractivity contribution in [2.75, 3.05) is 33.3 Å². The van der Waals surface area contributed by atoms with Crippen molar-refractivity contribution in [3.8, 4) is 5.75 Å². The summed E-state index contributed by atoms with van der Waals surface area (Å²) in [5.74, 6) is -0.0332. The molecule has 1 heterocycles. The second-order valence-electron chi connectivity index (χ2n) is 4.19. The molecule has 7 heteroatoms. The van der Waals surface area contributed by atoms with E-state index in [1.165, 1.54) is 19.2 Å². The van der Waals surface area contributed by atoms with Crippen molar-refractivity contribution in [1.82, 2.24) is 10.2 Å². The molecule has 102 valence electrons. The zero-order chi connectivity index (χ0) is 13.8. The molecule has 2 rings (SSSR count). The third kappa shape index (κ3) is 2.82. The molecule has 19 heavy (non-hydrogen) atoms. The molecule has 0 aromatic heterocycles. The second kappa shape index (κ2) is 5.66. The van der Waals surface area contributed by atoms with Crippen molar-refractivity contribution >= 4 is 11.6 Å². The maximum absolute atomic E-state index is 12.2. The van der Waals surface area contributed by atoms with E-state index in [1.807, 2.05) is 0 Å². The number of amides is 1. The maximum atomic E-state index is 12.2. The Morgan fingerprint density at radius 1 is 1.42 bits per heavy atom. The number of rotatable bonds is 3. The van der Waals surface area contributed by atoms with Crippen molar-refractivity contribution in [3.05, 3.63) is 33.9 Å². The molecule has 0 bridgehead atoms. The molecule has 1 N–H and O–H groups in total. The minimum atomic E-state index is -0.548. The van der Waals surface area contributed by atoms with Gasteiger partial charge in [0.15, 0.2) is 5.75 Å². The molecule has 1 aliphatic rings. The molecule has 1 saturated heterocycles. The van der Waals surface area contributed by atoms with E-state index in [-0.39, 0.29) is 17.3 Å². The molecule has 1 aromatic carbocycles. The van der Waals surface area contributed by atoms with Crippen molar-refractivity contribution in [2.24, 2.45) is 0 Å². The Labute approximate surface area is 110 Å². The van der Waals surface area contributed by atoms with Crippen LogP contribution in [0.4, 0.5) is 5.69 Å². The first kappa shape index (κ1) is 13.3. The Morgan fingerprint density at radius 3 is 2.68 bits per heavy atom. The Hall–Kier alpha value is -2.15. The average Bonchev–Trinajstić information content (AvgIpc) is 2.46. The molecule has 7 nitrogen and oxygen atoms in total. The highest BCUT2D eigenvalue weighted by Gasteiger charge is 2.22. The largest absolute Gasteiger partial charge is 0.490 e. The number of nitro groups is 1. The minimum absolute atomic E-state index is 0.155. The summed E-state index contributed by atoms with van der Waals surface area (Å²) in [7, 11) is 1.36. The summed E-state index contributed by atoms with van der Waals surface area (Å²) in [5, 5.41) is 14.1. The van der Waals surface area contributed by atoms with E-state index in [4.69, 9.17) is 4.74 Å². The summed E-state index contributed by atoms with van der Waals surface area (Å²) in [6, 6.07) is 4.27. The van der Waals surface area contributed by atoms with Crippen LogP contribution in [0.15, 0.2) is 18.2 Å². The first-order chi connectivity index (χ1) is 9.13. The van der Waals surface area contributed by atoms with Gasteiger partial charge in [0.05, 0.1) is 12.0 Å². The zero-order valence-corrected chi connectivity index (χ0v) is 10.6. The van der Waals surface area contributed by atoms with Gasteiger partial charge in [0, 0.05) is 37.8 Å². The topological polar surface area (TPSA) is 84.7 Å². The van der Waals surface area contributed by atoms with Crippen LogP contribution in [-0.2, 0) is 0 Å². The maximum Gasteiger partial charge on any atom is 0.311 e. The van der Waals surface area contributed by atoms with Crippen LogP contribution in [0.5, 0.6) is 5.75 Å². The number of carbonyl (C=O) groups excluding carboxylic acids is 1. The van der Waals surface area contributed by atoms with Gasteiger partial charge in [-0.2, -0.15) is 0 Å². The van der Waals surface area contributed by atoms with Crippen molar-refractivity contribution < 1.29 is 14.5 Å². The highest BCUT2D eigenvalue weighted by molar-refractivity contribution is 5.95. The SMILES string of the molecule is COc1ccc(C(=O)N2CCNCC2)cc1[N+](=O)[O-]. The number of nitrogens with zero attached hydrogens (tertiary/aromatic N) is 2. The fourth-order valence-electron chi connectivity index (χ4n) is 2.02. The van der Waals surface area contributed by atoms with Crippen LogP contribution >= 0.6 is 0 Å². The normalized spacial score (nSPS) is 15.1. The molecule has 0 atom stereocenters. The summed E-state index contributed by atoms with van der Waals surface area (Å²) >= 11 is 0. The molecular weight excluding hydrogens is 250 g/mol. The van der Waals surface area contributed by atoms with E-state index in [1.54, 1.807) is 11.0 Å². The van der Waals surface area contributed by atoms with Crippen LogP contribution in [0, 0.1) is 10.1 Å². The van der Waals surface area contributed by atoms with Gasteiger partial charge in [-0.05, 0) is 12.1 Å². The number of hydrogen-bond donors (Lipinski definition) is 1. The Morgan fingerprint density at radius 2 is 2.11 bits per heavy atom. The minimum Gasteiger partial charge on any atom is -0.490 e. The lowest BCUT2D eigenvalue weighted by Crippen LogP contribution is -2.46. The summed E-state index contributed by atoms with van der Waals surface area (Å²) in [6.45, 7) is 2.70. The fourth-order valence-corrected chi connectivity index (χ4v) is 2.02. The molecule has 1 aromatic rings. The predicted molar refractivity (Wildman–Crippen MR) is 68.4 cm³/mol. The van der Waals surface area contributed by atoms with Gasteiger partial charge in [-0.25, -0.2) is 0 Å². The van der Waals surface area contributed by atoms with Crippen LogP contribution in [0.3, 0.4) is 0 Å². The number of carbonyl (C=O) groups is 1. The number of piperazine rings is 1. The van der Waals surface area contributed by atoms with E-state index in [9.17, 15) is 14.9 Å². The summed E-state index contributed by atoms with van der Waals surface area (Å²) in [4.78, 5) is 24.3. The number of ether oxygens (including phenoxy) is 1. The quantitative estimate of drug-likeness (QED) is 0.640. The summed E-state index contributed by atoms with van der Waals surface area (Å²) < 4.78 is 4.91. The van der Waals surface area contributed by atoms with Gasteiger partial charge in [0.1, 0.15) is 0 Å². The summed E-state index contributed by atoms with van der Waals surface area (Å²) in [6.07, 6.45) is 0. The molecule has 0 radical (unpaired) electrons. The number of nitro benzene ring substituents is 1. The molecule has 1 fully saturated rings. The van der Waals surface area contributed by atoms with Gasteiger partial charge in [0.25, 0.3) is 5.91 Å². The smallest absolute Gasteiger partial charge is 0.311 e. The summed E-state index contributed by atoms with van der Waals surface area (Å²) in [5.41, 5.74) is 0.123. The fraction of sp³-hybridized carbons (Fsp3) is 0.417. The highest BCUT2D eigenvalue weighted by Crippen LogP contribution is 2.28. The lowest BCUT2D eigenvalue weighted by atomic mass is 10.1. The van der Waals surface area contributed by atoms with Crippen LogP contribution < -0.4 is 10.1 Å². The van der Waals surface area contributed by atoms with Gasteiger partial charge in [0.2, 0.25) is 0 Å². The van der Waals surface area contributed by atoms with Gasteiger partial charge >= 0.3 is 5.69 Å². The van der Waals surface area contributed by atoms with Crippen molar-refractivity contribution in [3.63, 3.8) is 0 Å². The first-order valence-corrected chi connectivity index (χ1v) is 5.96. The first-order valence-electron chi connectivity index (χ1n) is 5.96. The van der Waals surface area contributed by atoms with Gasteiger partial charge in [-0.1, -0.05) is 0 Å². The van der Waals surface area contributed by atoms with E-state index < -0.39 is 4.92 Å². The van der Waals surface area contributed by atoms with Gasteiger partial charge in [-0.3, -0.25) is 14.9 Å². The van der Waals surface area contributed by atoms with Crippen molar-refractivity contribution in [2.45, 2.75) is 0 Å². The monoisotopic (exact) mass is 265 g/mol. The van der Waals surface area contributed by atoms with Crippen molar-refractivity contribution in [1.29, 1.82) is 0 Å². The molecule has 0 spiro atoms. The van der Waals surface area contributed by atoms with Crippen LogP contribution in [0.1, 0.15) is 10.4 Å². The van der Waals surface area contributed by atoms with E-state index >= 15 is 0 Å². The molecule has 1 aliphatic heterocycles. The van der Waals surface area contributed by atoms with E-state index in [0.29, 0.717) is 18.7 Å². The lowest BCUT2D eigenvalue weighted by molar-refractivity contribution is -0.385. The third-order valence-electron chi connectivity index (χ3n) is 3.03. The zero-order valence-electron chi connectivity index (χ0n) is 10.6. The van der Waals surface area contributed by atoms with E-state index in [2.05, 4.69) is 5.32 Å². The van der Waals surface area contributed by atoms with Gasteiger partial charge < -0.3 is 15.0 Å².